The minimum absolute atomic E-state index is 0. The minimum Gasteiger partial charge on any atom is -1.00 e. The van der Waals surface area contributed by atoms with Crippen LogP contribution in [0.15, 0.2) is 48.5 Å². The summed E-state index contributed by atoms with van der Waals surface area (Å²) in [6.07, 6.45) is 0. The molecule has 0 saturated carbocycles. The number of carbonyl (C=O) groups is 2. The summed E-state index contributed by atoms with van der Waals surface area (Å²) in [5.41, 5.74) is 12.8. The largest absolute Gasteiger partial charge is 1.00 e. The van der Waals surface area contributed by atoms with E-state index in [1.807, 2.05) is 11.9 Å². The van der Waals surface area contributed by atoms with Crippen LogP contribution in [0, 0.1) is 0 Å². The number of hydroxylamine groups is 2. The Morgan fingerprint density at radius 3 is 1.81 bits per heavy atom. The summed E-state index contributed by atoms with van der Waals surface area (Å²) in [7, 11) is 1.93. The first-order valence-corrected chi connectivity index (χ1v) is 9.99. The fraction of sp³-hybridized carbons (Fsp3) is 0.333. The van der Waals surface area contributed by atoms with E-state index in [0.717, 1.165) is 0 Å². The number of nitrogens with zero attached hydrogens (tertiary/aromatic N) is 4. The smallest absolute Gasteiger partial charge is 0.305 e. The number of amides is 2. The minimum atomic E-state index is -0.480. The number of piperazine rings is 1. The van der Waals surface area contributed by atoms with E-state index in [1.165, 1.54) is 0 Å². The molecule has 6 N–H and O–H groups in total. The van der Waals surface area contributed by atoms with E-state index in [9.17, 15) is 20.0 Å². The number of quaternary nitrogens is 1. The lowest BCUT2D eigenvalue weighted by molar-refractivity contribution is -0.906. The number of anilines is 4. The Balaban J connectivity index is 0.00000363. The van der Waals surface area contributed by atoms with Gasteiger partial charge in [-0.3, -0.25) is 24.9 Å². The number of halogens is 1. The molecule has 174 valence electrons. The van der Waals surface area contributed by atoms with Crippen molar-refractivity contribution in [2.24, 2.45) is 0 Å². The lowest BCUT2D eigenvalue weighted by Gasteiger charge is -2.41. The first-order chi connectivity index (χ1) is 14.7. The normalized spacial score (nSPS) is 15.5. The average Bonchev–Trinajstić information content (AvgIpc) is 2.75. The molecule has 1 saturated heterocycles. The quantitative estimate of drug-likeness (QED) is 0.164. The molecular formula is C21H29ClN6O4. The molecule has 1 aliphatic rings. The molecule has 11 heteroatoms. The number of likely N-dealkylation sites (N-methyl/N-ethyl adjacent to an activating group) is 1. The van der Waals surface area contributed by atoms with Crippen molar-refractivity contribution in [1.82, 2.24) is 4.90 Å². The molecule has 0 bridgehead atoms. The van der Waals surface area contributed by atoms with E-state index in [0.29, 0.717) is 52.2 Å². The van der Waals surface area contributed by atoms with E-state index in [4.69, 9.17) is 11.5 Å². The average molecular weight is 465 g/mol. The van der Waals surface area contributed by atoms with E-state index in [2.05, 4.69) is 0 Å². The van der Waals surface area contributed by atoms with Crippen molar-refractivity contribution in [3.63, 3.8) is 0 Å². The van der Waals surface area contributed by atoms with Gasteiger partial charge >= 0.3 is 5.91 Å². The fourth-order valence-corrected chi connectivity index (χ4v) is 3.59. The van der Waals surface area contributed by atoms with Gasteiger partial charge in [0.25, 0.3) is 5.91 Å². The third-order valence-corrected chi connectivity index (χ3v) is 5.59. The lowest BCUT2D eigenvalue weighted by Crippen LogP contribution is -3.00. The standard InChI is InChI=1S/C21H29N6O4.ClH/c1-27(15-21(29)26(31)19-9-5-3-7-17(19)23)12-10-24(11-13-27)14-20(28)25(30)18-8-4-2-6-16(18)22;/h2-9,30-31H,10-15,22-23H2,1H3;1H/q+1;/p-1. The van der Waals surface area contributed by atoms with Crippen molar-refractivity contribution < 1.29 is 36.9 Å². The summed E-state index contributed by atoms with van der Waals surface area (Å²) in [6.45, 7) is 2.47. The molecule has 3 rings (SSSR count). The van der Waals surface area contributed by atoms with Crippen LogP contribution in [-0.2, 0) is 9.59 Å². The van der Waals surface area contributed by atoms with Crippen molar-refractivity contribution >= 4 is 34.6 Å². The van der Waals surface area contributed by atoms with Gasteiger partial charge in [0.05, 0.1) is 49.4 Å². The molecule has 0 aliphatic carbocycles. The van der Waals surface area contributed by atoms with Crippen LogP contribution >= 0.6 is 0 Å². The number of benzene rings is 2. The molecule has 0 radical (unpaired) electrons. The molecule has 10 nitrogen and oxygen atoms in total. The molecule has 0 spiro atoms. The highest BCUT2D eigenvalue weighted by Gasteiger charge is 2.34. The van der Waals surface area contributed by atoms with Gasteiger partial charge in [0.2, 0.25) is 0 Å². The Labute approximate surface area is 193 Å². The zero-order valence-electron chi connectivity index (χ0n) is 17.9. The zero-order chi connectivity index (χ0) is 22.6. The predicted octanol–water partition coefficient (Wildman–Crippen LogP) is -2.24. The van der Waals surface area contributed by atoms with Crippen molar-refractivity contribution in [2.75, 3.05) is 67.9 Å². The van der Waals surface area contributed by atoms with Gasteiger partial charge in [-0.1, -0.05) is 24.3 Å². The van der Waals surface area contributed by atoms with E-state index in [1.54, 1.807) is 48.5 Å². The maximum atomic E-state index is 12.6. The first-order valence-electron chi connectivity index (χ1n) is 9.99. The third kappa shape index (κ3) is 5.87. The van der Waals surface area contributed by atoms with Crippen molar-refractivity contribution in [3.05, 3.63) is 48.5 Å². The molecule has 2 aromatic rings. The highest BCUT2D eigenvalue weighted by molar-refractivity contribution is 5.95. The monoisotopic (exact) mass is 464 g/mol. The molecule has 0 aromatic heterocycles. The van der Waals surface area contributed by atoms with Gasteiger partial charge in [-0.2, -0.15) is 10.1 Å². The van der Waals surface area contributed by atoms with Gasteiger partial charge in [0.1, 0.15) is 0 Å². The molecule has 1 fully saturated rings. The summed E-state index contributed by atoms with van der Waals surface area (Å²) in [6, 6.07) is 13.2. The van der Waals surface area contributed by atoms with E-state index < -0.39 is 11.8 Å². The highest BCUT2D eigenvalue weighted by atomic mass is 35.5. The van der Waals surface area contributed by atoms with Crippen LogP contribution in [0.25, 0.3) is 0 Å². The van der Waals surface area contributed by atoms with Gasteiger partial charge in [0.15, 0.2) is 6.54 Å². The topological polar surface area (TPSA) is 136 Å². The van der Waals surface area contributed by atoms with E-state index >= 15 is 0 Å². The van der Waals surface area contributed by atoms with Crippen LogP contribution in [0.3, 0.4) is 0 Å². The van der Waals surface area contributed by atoms with Crippen molar-refractivity contribution in [1.29, 1.82) is 0 Å². The molecule has 1 aliphatic heterocycles. The zero-order valence-corrected chi connectivity index (χ0v) is 18.6. The summed E-state index contributed by atoms with van der Waals surface area (Å²) >= 11 is 0. The SMILES string of the molecule is C[N+]1(CC(=O)N(O)c2ccccc2N)CCN(CC(=O)N(O)c2ccccc2N)CC1.[Cl-]. The summed E-state index contributed by atoms with van der Waals surface area (Å²) in [4.78, 5) is 27.0. The second-order valence-electron chi connectivity index (χ2n) is 8.03. The van der Waals surface area contributed by atoms with Gasteiger partial charge in [-0.15, -0.1) is 0 Å². The Morgan fingerprint density at radius 1 is 0.906 bits per heavy atom. The number of carbonyl (C=O) groups excluding carboxylic acids is 2. The van der Waals surface area contributed by atoms with Crippen LogP contribution < -0.4 is 34.0 Å². The molecule has 2 aromatic carbocycles. The number of hydrogen-bond acceptors (Lipinski definition) is 7. The number of rotatable bonds is 6. The third-order valence-electron chi connectivity index (χ3n) is 5.59. The predicted molar refractivity (Wildman–Crippen MR) is 117 cm³/mol. The lowest BCUT2D eigenvalue weighted by atomic mass is 10.2. The Kier molecular flexibility index (Phi) is 8.42. The number of hydrogen-bond donors (Lipinski definition) is 4. The van der Waals surface area contributed by atoms with Crippen LogP contribution in [0.5, 0.6) is 0 Å². The van der Waals surface area contributed by atoms with Crippen LogP contribution in [-0.4, -0.2) is 77.9 Å². The maximum Gasteiger partial charge on any atom is 0.305 e. The molecule has 2 amide bonds. The Bertz CT molecular complexity index is 951. The van der Waals surface area contributed by atoms with Crippen LogP contribution in [0.4, 0.5) is 22.7 Å². The first kappa shape index (κ1) is 25.4. The Morgan fingerprint density at radius 2 is 1.34 bits per heavy atom. The van der Waals surface area contributed by atoms with Gasteiger partial charge in [-0.25, -0.2) is 0 Å². The molecule has 0 unspecified atom stereocenters. The summed E-state index contributed by atoms with van der Waals surface area (Å²) in [5, 5.41) is 21.7. The molecule has 1 heterocycles. The highest BCUT2D eigenvalue weighted by Crippen LogP contribution is 2.23. The van der Waals surface area contributed by atoms with E-state index in [-0.39, 0.29) is 36.9 Å². The summed E-state index contributed by atoms with van der Waals surface area (Å²) in [5.74, 6) is -0.933. The van der Waals surface area contributed by atoms with Gasteiger partial charge < -0.3 is 28.4 Å². The number of nitrogens with two attached hydrogens (primary N) is 2. The molecular weight excluding hydrogens is 436 g/mol. The van der Waals surface area contributed by atoms with Crippen molar-refractivity contribution in [2.45, 2.75) is 0 Å². The van der Waals surface area contributed by atoms with Gasteiger partial charge in [0, 0.05) is 13.1 Å². The van der Waals surface area contributed by atoms with Crippen LogP contribution in [0.1, 0.15) is 0 Å². The second-order valence-corrected chi connectivity index (χ2v) is 8.03. The van der Waals surface area contributed by atoms with Crippen molar-refractivity contribution in [3.8, 4) is 0 Å². The van der Waals surface area contributed by atoms with Crippen LogP contribution in [0.2, 0.25) is 0 Å². The molecule has 0 atom stereocenters. The fourth-order valence-electron chi connectivity index (χ4n) is 3.59. The molecule has 32 heavy (non-hydrogen) atoms. The maximum absolute atomic E-state index is 12.6. The second kappa shape index (κ2) is 10.6. The Hall–Kier alpha value is -2.89. The van der Waals surface area contributed by atoms with Gasteiger partial charge in [-0.05, 0) is 24.3 Å². The summed E-state index contributed by atoms with van der Waals surface area (Å²) < 4.78 is 0.418. The number of para-hydroxylation sites is 4. The number of nitrogen functional groups attached to an aromatic ring is 2.